The standard InChI is InChI=1S/C12H15IN2O5/c1-6-4-15(12(18)14-11(6)17)10-3-8(13)9(20-10)5-19-7(2)16/h4,8-10H,3,5H2,1-2H3,(H,14,17,18)/t8-,9+,10+/m0/s1. The number of halogens is 1. The lowest BCUT2D eigenvalue weighted by Crippen LogP contribution is -2.33. The molecule has 0 unspecified atom stereocenters. The minimum atomic E-state index is -0.498. The van der Waals surface area contributed by atoms with Gasteiger partial charge in [0.25, 0.3) is 5.56 Å². The van der Waals surface area contributed by atoms with Crippen LogP contribution in [0.3, 0.4) is 0 Å². The van der Waals surface area contributed by atoms with E-state index < -0.39 is 17.5 Å². The summed E-state index contributed by atoms with van der Waals surface area (Å²) in [5.41, 5.74) is -0.448. The van der Waals surface area contributed by atoms with E-state index in [1.165, 1.54) is 17.7 Å². The maximum absolute atomic E-state index is 11.8. The molecule has 8 heteroatoms. The Morgan fingerprint density at radius 3 is 2.95 bits per heavy atom. The molecule has 0 spiro atoms. The third-order valence-electron chi connectivity index (χ3n) is 3.07. The van der Waals surface area contributed by atoms with Crippen molar-refractivity contribution in [1.29, 1.82) is 0 Å². The van der Waals surface area contributed by atoms with Gasteiger partial charge in [-0.05, 0) is 6.92 Å². The lowest BCUT2D eigenvalue weighted by molar-refractivity contribution is -0.145. The van der Waals surface area contributed by atoms with E-state index in [2.05, 4.69) is 27.6 Å². The van der Waals surface area contributed by atoms with Crippen LogP contribution < -0.4 is 11.2 Å². The number of ether oxygens (including phenoxy) is 2. The van der Waals surface area contributed by atoms with Crippen LogP contribution >= 0.6 is 22.6 Å². The number of aromatic amines is 1. The Balaban J connectivity index is 2.16. The van der Waals surface area contributed by atoms with E-state index in [9.17, 15) is 14.4 Å². The minimum Gasteiger partial charge on any atom is -0.463 e. The molecule has 1 aliphatic heterocycles. The van der Waals surface area contributed by atoms with Gasteiger partial charge in [0.15, 0.2) is 0 Å². The summed E-state index contributed by atoms with van der Waals surface area (Å²) in [7, 11) is 0. The fourth-order valence-corrected chi connectivity index (χ4v) is 2.82. The number of nitrogens with one attached hydrogen (secondary N) is 1. The van der Waals surface area contributed by atoms with Crippen LogP contribution in [0.25, 0.3) is 0 Å². The van der Waals surface area contributed by atoms with Gasteiger partial charge in [0.1, 0.15) is 18.9 Å². The number of H-pyrrole nitrogens is 1. The van der Waals surface area contributed by atoms with E-state index in [4.69, 9.17) is 9.47 Å². The number of hydrogen-bond donors (Lipinski definition) is 1. The average molecular weight is 394 g/mol. The summed E-state index contributed by atoms with van der Waals surface area (Å²) in [4.78, 5) is 36.2. The Labute approximate surface area is 128 Å². The third kappa shape index (κ3) is 3.29. The molecule has 0 saturated carbocycles. The summed E-state index contributed by atoms with van der Waals surface area (Å²) in [5, 5.41) is 0. The van der Waals surface area contributed by atoms with Crippen LogP contribution in [-0.4, -0.2) is 32.2 Å². The van der Waals surface area contributed by atoms with Gasteiger partial charge in [-0.2, -0.15) is 0 Å². The van der Waals surface area contributed by atoms with E-state index >= 15 is 0 Å². The molecule has 0 amide bonds. The number of aryl methyl sites for hydroxylation is 1. The number of esters is 1. The minimum absolute atomic E-state index is 0.121. The van der Waals surface area contributed by atoms with Gasteiger partial charge in [-0.25, -0.2) is 4.79 Å². The second-order valence-corrected chi connectivity index (χ2v) is 6.26. The second-order valence-electron chi connectivity index (χ2n) is 4.66. The monoisotopic (exact) mass is 394 g/mol. The van der Waals surface area contributed by atoms with Crippen molar-refractivity contribution in [1.82, 2.24) is 9.55 Å². The molecule has 1 N–H and O–H groups in total. The number of carbonyl (C=O) groups is 1. The van der Waals surface area contributed by atoms with Gasteiger partial charge in [0.05, 0.1) is 0 Å². The van der Waals surface area contributed by atoms with E-state index in [-0.39, 0.29) is 22.6 Å². The highest BCUT2D eigenvalue weighted by molar-refractivity contribution is 14.1. The van der Waals surface area contributed by atoms with Crippen LogP contribution in [0, 0.1) is 6.92 Å². The zero-order valence-corrected chi connectivity index (χ0v) is 13.2. The number of aromatic nitrogens is 2. The smallest absolute Gasteiger partial charge is 0.330 e. The van der Waals surface area contributed by atoms with E-state index in [0.29, 0.717) is 12.0 Å². The van der Waals surface area contributed by atoms with Gasteiger partial charge in [0, 0.05) is 29.0 Å². The number of hydrogen-bond acceptors (Lipinski definition) is 5. The van der Waals surface area contributed by atoms with E-state index in [0.717, 1.165) is 0 Å². The van der Waals surface area contributed by atoms with Crippen LogP contribution in [0.15, 0.2) is 15.8 Å². The van der Waals surface area contributed by atoms with Crippen molar-refractivity contribution in [2.24, 2.45) is 0 Å². The molecule has 110 valence electrons. The average Bonchev–Trinajstić information content (AvgIpc) is 2.72. The molecule has 1 fully saturated rings. The molecule has 7 nitrogen and oxygen atoms in total. The third-order valence-corrected chi connectivity index (χ3v) is 4.38. The number of carbonyl (C=O) groups excluding carboxylic acids is 1. The number of rotatable bonds is 3. The lowest BCUT2D eigenvalue weighted by Gasteiger charge is -2.16. The van der Waals surface area contributed by atoms with Crippen LogP contribution in [-0.2, 0) is 14.3 Å². The SMILES string of the molecule is CC(=O)OC[C@H]1O[C@@H](n2cc(C)c(=O)[nH]c2=O)C[C@@H]1I. The Hall–Kier alpha value is -1.16. The van der Waals surface area contributed by atoms with Crippen LogP contribution in [0.1, 0.15) is 25.1 Å². The molecule has 20 heavy (non-hydrogen) atoms. The summed E-state index contributed by atoms with van der Waals surface area (Å²) in [6, 6.07) is 0. The van der Waals surface area contributed by atoms with Gasteiger partial charge >= 0.3 is 11.7 Å². The van der Waals surface area contributed by atoms with Crippen molar-refractivity contribution in [3.8, 4) is 0 Å². The van der Waals surface area contributed by atoms with Gasteiger partial charge in [-0.1, -0.05) is 22.6 Å². The predicted octanol–water partition coefficient (Wildman–Crippen LogP) is 0.499. The van der Waals surface area contributed by atoms with E-state index in [1.807, 2.05) is 0 Å². The predicted molar refractivity (Wildman–Crippen MR) is 79.0 cm³/mol. The molecule has 1 aromatic heterocycles. The van der Waals surface area contributed by atoms with Crippen molar-refractivity contribution < 1.29 is 14.3 Å². The molecule has 1 saturated heterocycles. The summed E-state index contributed by atoms with van der Waals surface area (Å²) in [6.45, 7) is 3.13. The van der Waals surface area contributed by atoms with Gasteiger partial charge in [-0.3, -0.25) is 19.1 Å². The zero-order chi connectivity index (χ0) is 14.9. The molecular weight excluding hydrogens is 379 g/mol. The summed E-state index contributed by atoms with van der Waals surface area (Å²) in [5.74, 6) is -0.363. The topological polar surface area (TPSA) is 90.4 Å². The molecule has 3 atom stereocenters. The number of alkyl halides is 1. The quantitative estimate of drug-likeness (QED) is 0.458. The van der Waals surface area contributed by atoms with Crippen LogP contribution in [0.5, 0.6) is 0 Å². The first-order chi connectivity index (χ1) is 9.38. The van der Waals surface area contributed by atoms with Crippen molar-refractivity contribution in [3.05, 3.63) is 32.6 Å². The normalized spacial score (nSPS) is 25.6. The van der Waals surface area contributed by atoms with E-state index in [1.54, 1.807) is 6.92 Å². The van der Waals surface area contributed by atoms with Crippen molar-refractivity contribution in [3.63, 3.8) is 0 Å². The van der Waals surface area contributed by atoms with Crippen LogP contribution in [0.4, 0.5) is 0 Å². The molecule has 0 radical (unpaired) electrons. The zero-order valence-electron chi connectivity index (χ0n) is 11.1. The van der Waals surface area contributed by atoms with Crippen molar-refractivity contribution in [2.45, 2.75) is 36.5 Å². The summed E-state index contributed by atoms with van der Waals surface area (Å²) >= 11 is 2.21. The molecule has 0 aliphatic carbocycles. The summed E-state index contributed by atoms with van der Waals surface area (Å²) < 4.78 is 12.2. The fraction of sp³-hybridized carbons (Fsp3) is 0.583. The molecule has 0 bridgehead atoms. The molecule has 2 rings (SSSR count). The Bertz CT molecular complexity index is 623. The first-order valence-corrected chi connectivity index (χ1v) is 7.38. The molecule has 1 aromatic rings. The first kappa shape index (κ1) is 15.2. The van der Waals surface area contributed by atoms with Gasteiger partial charge < -0.3 is 9.47 Å². The van der Waals surface area contributed by atoms with Gasteiger partial charge in [-0.15, -0.1) is 0 Å². The largest absolute Gasteiger partial charge is 0.463 e. The van der Waals surface area contributed by atoms with Crippen molar-refractivity contribution in [2.75, 3.05) is 6.61 Å². The molecule has 2 heterocycles. The second kappa shape index (κ2) is 6.08. The van der Waals surface area contributed by atoms with Crippen LogP contribution in [0.2, 0.25) is 0 Å². The Morgan fingerprint density at radius 2 is 2.30 bits per heavy atom. The highest BCUT2D eigenvalue weighted by Crippen LogP contribution is 2.32. The molecule has 1 aliphatic rings. The van der Waals surface area contributed by atoms with Crippen molar-refractivity contribution >= 4 is 28.6 Å². The highest BCUT2D eigenvalue weighted by Gasteiger charge is 2.35. The highest BCUT2D eigenvalue weighted by atomic mass is 127. The van der Waals surface area contributed by atoms with Gasteiger partial charge in [0.2, 0.25) is 0 Å². The Kier molecular flexibility index (Phi) is 4.63. The summed E-state index contributed by atoms with van der Waals surface area (Å²) in [6.07, 6.45) is 1.38. The lowest BCUT2D eigenvalue weighted by atomic mass is 10.2. The maximum atomic E-state index is 11.8. The fourth-order valence-electron chi connectivity index (χ4n) is 2.01. The maximum Gasteiger partial charge on any atom is 0.330 e. The Morgan fingerprint density at radius 1 is 1.60 bits per heavy atom. The number of nitrogens with zero attached hydrogens (tertiary/aromatic N) is 1. The molecular formula is C12H15IN2O5. The first-order valence-electron chi connectivity index (χ1n) is 6.13. The molecule has 0 aromatic carbocycles.